The largest absolute Gasteiger partial charge is 0.457 e. The van der Waals surface area contributed by atoms with E-state index in [1.807, 2.05) is 24.3 Å². The number of nitrogens with one attached hydrogen (secondary N) is 3. The van der Waals surface area contributed by atoms with E-state index in [0.717, 1.165) is 0 Å². The Balaban J connectivity index is 1.34. The number of amides is 3. The van der Waals surface area contributed by atoms with E-state index in [0.29, 0.717) is 22.7 Å². The number of benzene rings is 3. The monoisotopic (exact) mass is 517 g/mol. The summed E-state index contributed by atoms with van der Waals surface area (Å²) in [5.41, 5.74) is 6.56. The number of ether oxygens (including phenoxy) is 2. The van der Waals surface area contributed by atoms with Crippen molar-refractivity contribution in [3.05, 3.63) is 90.0 Å². The Morgan fingerprint density at radius 1 is 0.711 bits per heavy atom. The van der Waals surface area contributed by atoms with Gasteiger partial charge in [0.1, 0.15) is 11.5 Å². The quantitative estimate of drug-likeness (QED) is 0.284. The second-order valence-corrected chi connectivity index (χ2v) is 9.48. The van der Waals surface area contributed by atoms with Crippen molar-refractivity contribution in [2.24, 2.45) is 0 Å². The van der Waals surface area contributed by atoms with Crippen LogP contribution in [0.25, 0.3) is 0 Å². The summed E-state index contributed by atoms with van der Waals surface area (Å²) in [5, 5.41) is 2.70. The predicted molar refractivity (Wildman–Crippen MR) is 143 cm³/mol. The van der Waals surface area contributed by atoms with Crippen LogP contribution in [0, 0.1) is 0 Å². The van der Waals surface area contributed by atoms with Crippen LogP contribution in [0.15, 0.2) is 78.9 Å². The molecule has 0 unspecified atom stereocenters. The summed E-state index contributed by atoms with van der Waals surface area (Å²) in [6.07, 6.45) is -0.329. The topological polar surface area (TPSA) is 123 Å². The molecule has 0 bridgehead atoms. The average molecular weight is 518 g/mol. The molecule has 0 spiro atoms. The molecule has 0 atom stereocenters. The molecule has 0 aliphatic rings. The van der Waals surface area contributed by atoms with Gasteiger partial charge in [-0.3, -0.25) is 30.0 Å². The van der Waals surface area contributed by atoms with Crippen molar-refractivity contribution in [3.8, 4) is 11.5 Å². The first kappa shape index (κ1) is 27.9. The zero-order valence-electron chi connectivity index (χ0n) is 21.6. The Morgan fingerprint density at radius 2 is 1.32 bits per heavy atom. The highest BCUT2D eigenvalue weighted by Gasteiger charge is 2.14. The smallest absolute Gasteiger partial charge is 0.306 e. The fraction of sp³-hybridized carbons (Fsp3) is 0.241. The van der Waals surface area contributed by atoms with Gasteiger partial charge in [-0.15, -0.1) is 0 Å². The molecule has 198 valence electrons. The zero-order valence-corrected chi connectivity index (χ0v) is 21.6. The van der Waals surface area contributed by atoms with Gasteiger partial charge < -0.3 is 14.8 Å². The van der Waals surface area contributed by atoms with E-state index in [1.165, 1.54) is 5.56 Å². The number of hydrogen-bond acceptors (Lipinski definition) is 6. The molecular formula is C29H31N3O6. The number of esters is 1. The normalized spacial score (nSPS) is 10.7. The third-order valence-electron chi connectivity index (χ3n) is 5.37. The molecule has 0 aromatic heterocycles. The van der Waals surface area contributed by atoms with Crippen molar-refractivity contribution in [1.82, 2.24) is 10.9 Å². The first-order valence-corrected chi connectivity index (χ1v) is 12.1. The summed E-state index contributed by atoms with van der Waals surface area (Å²) in [6, 6.07) is 23.1. The van der Waals surface area contributed by atoms with Crippen molar-refractivity contribution in [3.63, 3.8) is 0 Å². The van der Waals surface area contributed by atoms with Gasteiger partial charge in [0, 0.05) is 17.7 Å². The minimum Gasteiger partial charge on any atom is -0.457 e. The molecule has 3 amide bonds. The summed E-state index contributed by atoms with van der Waals surface area (Å²) in [4.78, 5) is 47.7. The predicted octanol–water partition coefficient (Wildman–Crippen LogP) is 4.50. The highest BCUT2D eigenvalue weighted by atomic mass is 16.5. The van der Waals surface area contributed by atoms with E-state index in [4.69, 9.17) is 9.47 Å². The van der Waals surface area contributed by atoms with E-state index < -0.39 is 24.4 Å². The average Bonchev–Trinajstić information content (AvgIpc) is 2.90. The van der Waals surface area contributed by atoms with Gasteiger partial charge in [-0.1, -0.05) is 51.1 Å². The third-order valence-corrected chi connectivity index (χ3v) is 5.37. The molecule has 9 heteroatoms. The van der Waals surface area contributed by atoms with Crippen molar-refractivity contribution in [2.75, 3.05) is 11.9 Å². The molecule has 0 saturated heterocycles. The number of hydrazine groups is 1. The molecule has 3 aromatic carbocycles. The maximum absolute atomic E-state index is 12.2. The van der Waals surface area contributed by atoms with Gasteiger partial charge in [0.2, 0.25) is 5.91 Å². The summed E-state index contributed by atoms with van der Waals surface area (Å²) >= 11 is 0. The molecule has 9 nitrogen and oxygen atoms in total. The maximum atomic E-state index is 12.2. The molecule has 0 aliphatic heterocycles. The lowest BCUT2D eigenvalue weighted by Crippen LogP contribution is -2.43. The second kappa shape index (κ2) is 13.0. The van der Waals surface area contributed by atoms with E-state index in [1.54, 1.807) is 54.6 Å². The number of anilines is 1. The Morgan fingerprint density at radius 3 is 1.92 bits per heavy atom. The van der Waals surface area contributed by atoms with Gasteiger partial charge in [-0.25, -0.2) is 0 Å². The van der Waals surface area contributed by atoms with Gasteiger partial charge in [-0.05, 0) is 59.5 Å². The lowest BCUT2D eigenvalue weighted by molar-refractivity contribution is -0.149. The number of rotatable bonds is 9. The summed E-state index contributed by atoms with van der Waals surface area (Å²) in [5.74, 6) is -0.983. The fourth-order valence-corrected chi connectivity index (χ4v) is 3.25. The SMILES string of the molecule is CC(C)(C)c1ccc(Oc2ccc(NC(=O)CCC(=O)OCC(=O)NNC(=O)c3ccccc3)cc2)cc1. The third kappa shape index (κ3) is 9.09. The van der Waals surface area contributed by atoms with E-state index in [-0.39, 0.29) is 24.2 Å². The maximum Gasteiger partial charge on any atom is 0.306 e. The van der Waals surface area contributed by atoms with E-state index in [9.17, 15) is 19.2 Å². The lowest BCUT2D eigenvalue weighted by atomic mass is 9.87. The molecule has 3 N–H and O–H groups in total. The van der Waals surface area contributed by atoms with Crippen LogP contribution in [0.2, 0.25) is 0 Å². The van der Waals surface area contributed by atoms with Gasteiger partial charge in [0.15, 0.2) is 6.61 Å². The Labute approximate surface area is 221 Å². The Kier molecular flexibility index (Phi) is 9.59. The van der Waals surface area contributed by atoms with Crippen LogP contribution in [0.3, 0.4) is 0 Å². The lowest BCUT2D eigenvalue weighted by Gasteiger charge is -2.19. The molecule has 0 aliphatic carbocycles. The van der Waals surface area contributed by atoms with Gasteiger partial charge >= 0.3 is 5.97 Å². The Bertz CT molecular complexity index is 1250. The van der Waals surface area contributed by atoms with Gasteiger partial charge in [-0.2, -0.15) is 0 Å². The summed E-state index contributed by atoms with van der Waals surface area (Å²) in [6.45, 7) is 5.85. The van der Waals surface area contributed by atoms with E-state index >= 15 is 0 Å². The van der Waals surface area contributed by atoms with E-state index in [2.05, 4.69) is 36.9 Å². The molecule has 3 rings (SSSR count). The van der Waals surface area contributed by atoms with Crippen LogP contribution in [-0.4, -0.2) is 30.3 Å². The second-order valence-electron chi connectivity index (χ2n) is 9.48. The molecule has 38 heavy (non-hydrogen) atoms. The van der Waals surface area contributed by atoms with Crippen molar-refractivity contribution < 1.29 is 28.7 Å². The molecule has 0 radical (unpaired) electrons. The van der Waals surface area contributed by atoms with Crippen molar-refractivity contribution >= 4 is 29.4 Å². The van der Waals surface area contributed by atoms with Crippen LogP contribution in [0.4, 0.5) is 5.69 Å². The fourth-order valence-electron chi connectivity index (χ4n) is 3.25. The Hall–Kier alpha value is -4.66. The molecule has 0 heterocycles. The van der Waals surface area contributed by atoms with Crippen LogP contribution in [0.1, 0.15) is 49.5 Å². The minimum atomic E-state index is -0.717. The number of carbonyl (C=O) groups excluding carboxylic acids is 4. The zero-order chi connectivity index (χ0) is 27.5. The molecular weight excluding hydrogens is 486 g/mol. The molecule has 3 aromatic rings. The number of hydrogen-bond donors (Lipinski definition) is 3. The van der Waals surface area contributed by atoms with Gasteiger partial charge in [0.05, 0.1) is 6.42 Å². The minimum absolute atomic E-state index is 0.0610. The van der Waals surface area contributed by atoms with Crippen molar-refractivity contribution in [2.45, 2.75) is 39.0 Å². The number of carbonyl (C=O) groups is 4. The highest BCUT2D eigenvalue weighted by molar-refractivity contribution is 5.95. The van der Waals surface area contributed by atoms with Crippen LogP contribution in [-0.2, 0) is 24.5 Å². The van der Waals surface area contributed by atoms with Crippen molar-refractivity contribution in [1.29, 1.82) is 0 Å². The van der Waals surface area contributed by atoms with Crippen LogP contribution < -0.4 is 20.9 Å². The first-order chi connectivity index (χ1) is 18.1. The standard InChI is InChI=1S/C29H31N3O6/c1-29(2,3)21-9-13-23(14-10-21)38-24-15-11-22(12-16-24)30-25(33)17-18-27(35)37-19-26(34)31-32-28(36)20-7-5-4-6-8-20/h4-16H,17-19H2,1-3H3,(H,30,33)(H,31,34)(H,32,36). The molecule has 0 saturated carbocycles. The highest BCUT2D eigenvalue weighted by Crippen LogP contribution is 2.27. The summed E-state index contributed by atoms with van der Waals surface area (Å²) in [7, 11) is 0. The van der Waals surface area contributed by atoms with Crippen LogP contribution in [0.5, 0.6) is 11.5 Å². The summed E-state index contributed by atoms with van der Waals surface area (Å²) < 4.78 is 10.7. The molecule has 0 fully saturated rings. The van der Waals surface area contributed by atoms with Gasteiger partial charge in [0.25, 0.3) is 11.8 Å². The van der Waals surface area contributed by atoms with Crippen LogP contribution >= 0.6 is 0 Å². The first-order valence-electron chi connectivity index (χ1n) is 12.1.